The monoisotopic (exact) mass is 750 g/mol. The fourth-order valence-corrected chi connectivity index (χ4v) is 13.5. The van der Waals surface area contributed by atoms with Crippen LogP contribution in [0.2, 0.25) is 0 Å². The summed E-state index contributed by atoms with van der Waals surface area (Å²) in [6.07, 6.45) is 3.84. The maximum atomic E-state index is 5.29. The molecule has 0 saturated heterocycles. The number of nitrogens with zero attached hydrogens (tertiary/aromatic N) is 2. The molecule has 0 radical (unpaired) electrons. The third-order valence-electron chi connectivity index (χ3n) is 12.5. The quantitative estimate of drug-likeness (QED) is 0.175. The zero-order valence-electron chi connectivity index (χ0n) is 31.2. The van der Waals surface area contributed by atoms with Gasteiger partial charge < -0.3 is 0 Å². The molecular weight excluding hydrogens is 713 g/mol. The molecule has 7 aromatic rings. The van der Waals surface area contributed by atoms with Crippen molar-refractivity contribution in [2.24, 2.45) is 0 Å². The van der Waals surface area contributed by atoms with Gasteiger partial charge in [-0.1, -0.05) is 150 Å². The second-order valence-corrected chi connectivity index (χ2v) is 19.8. The minimum absolute atomic E-state index is 0.0612. The van der Waals surface area contributed by atoms with Crippen LogP contribution in [0.15, 0.2) is 151 Å². The van der Waals surface area contributed by atoms with Crippen molar-refractivity contribution in [3.63, 3.8) is 0 Å². The number of hydrogen-bond donors (Lipinski definition) is 0. The van der Waals surface area contributed by atoms with E-state index in [1.807, 2.05) is 47.7 Å². The number of benzene rings is 6. The van der Waals surface area contributed by atoms with Gasteiger partial charge >= 0.3 is 0 Å². The Morgan fingerprint density at radius 3 is 1.56 bits per heavy atom. The topological polar surface area (TPSA) is 25.8 Å². The van der Waals surface area contributed by atoms with Gasteiger partial charge in [0.1, 0.15) is 0 Å². The Morgan fingerprint density at radius 2 is 0.907 bits per heavy atom. The molecule has 2 aliphatic carbocycles. The van der Waals surface area contributed by atoms with Crippen LogP contribution in [0.25, 0.3) is 44.8 Å². The second kappa shape index (κ2) is 11.3. The molecule has 0 amide bonds. The molecule has 1 aromatic heterocycles. The van der Waals surface area contributed by atoms with Crippen LogP contribution in [0, 0.1) is 0 Å². The summed E-state index contributed by atoms with van der Waals surface area (Å²) in [6.45, 7) is 14.2. The third-order valence-corrected chi connectivity index (χ3v) is 16.3. The lowest BCUT2D eigenvalue weighted by Crippen LogP contribution is -2.24. The maximum absolute atomic E-state index is 5.29. The molecule has 5 heteroatoms. The van der Waals surface area contributed by atoms with Gasteiger partial charge in [-0.25, -0.2) is 4.98 Å². The predicted molar refractivity (Wildman–Crippen MR) is 225 cm³/mol. The molecule has 0 atom stereocenters. The van der Waals surface area contributed by atoms with Gasteiger partial charge in [0.25, 0.3) is 0 Å². The Balaban J connectivity index is 0.971. The Bertz CT molecular complexity index is 2790. The van der Waals surface area contributed by atoms with Gasteiger partial charge in [-0.15, -0.1) is 0 Å². The largest absolute Gasteiger partial charge is 0.260 e. The van der Waals surface area contributed by atoms with Gasteiger partial charge in [0.15, 0.2) is 0 Å². The molecule has 0 fully saturated rings. The van der Waals surface area contributed by atoms with Gasteiger partial charge in [-0.05, 0) is 80.9 Å². The molecule has 6 aromatic carbocycles. The van der Waals surface area contributed by atoms with E-state index in [2.05, 4.69) is 151 Å². The minimum atomic E-state index is -0.138. The van der Waals surface area contributed by atoms with Crippen LogP contribution in [0.4, 0.5) is 0 Å². The molecule has 54 heavy (non-hydrogen) atoms. The highest BCUT2D eigenvalue weighted by atomic mass is 32.2. The van der Waals surface area contributed by atoms with Gasteiger partial charge in [0.05, 0.1) is 23.8 Å². The average Bonchev–Trinajstić information content (AvgIpc) is 3.56. The van der Waals surface area contributed by atoms with Crippen LogP contribution in [-0.2, 0) is 16.2 Å². The van der Waals surface area contributed by atoms with Crippen molar-refractivity contribution >= 4 is 35.3 Å². The molecule has 2 aliphatic heterocycles. The smallest absolute Gasteiger partial charge is 0.0892 e. The summed E-state index contributed by atoms with van der Waals surface area (Å²) in [4.78, 5) is 18.2. The van der Waals surface area contributed by atoms with E-state index in [1.54, 1.807) is 0 Å². The highest BCUT2D eigenvalue weighted by Crippen LogP contribution is 2.60. The average molecular weight is 751 g/mol. The highest BCUT2D eigenvalue weighted by Gasteiger charge is 2.42. The molecule has 2 nitrogen and oxygen atoms in total. The van der Waals surface area contributed by atoms with E-state index in [4.69, 9.17) is 9.97 Å². The standard InChI is InChI=1S/C49H38N2S3/c1-47(2)31-11-7-8-12-39(31)53-45-34(47)20-19-32-43(45)29-17-15-27(23-35(29)48(32,3)4)37-25-50-26-38(51-37)28-16-18-30-36(24-28)49(5,6)33-21-22-42-46(44(30)33)54-41-14-10-9-13-40(41)52-42/h7-26H,1-6H3. The molecule has 0 N–H and O–H groups in total. The van der Waals surface area contributed by atoms with E-state index in [1.165, 1.54) is 85.0 Å². The van der Waals surface area contributed by atoms with E-state index in [9.17, 15) is 0 Å². The predicted octanol–water partition coefficient (Wildman–Crippen LogP) is 13.8. The minimum Gasteiger partial charge on any atom is -0.260 e. The molecular formula is C49H38N2S3. The Morgan fingerprint density at radius 1 is 0.407 bits per heavy atom. The molecule has 0 spiro atoms. The summed E-state index contributed by atoms with van der Waals surface area (Å²) in [5.41, 5.74) is 17.5. The zero-order chi connectivity index (χ0) is 36.7. The van der Waals surface area contributed by atoms with Gasteiger partial charge in [-0.3, -0.25) is 4.98 Å². The van der Waals surface area contributed by atoms with E-state index < -0.39 is 0 Å². The van der Waals surface area contributed by atoms with Gasteiger partial charge in [-0.2, -0.15) is 0 Å². The summed E-state index contributed by atoms with van der Waals surface area (Å²) in [5.74, 6) is 0. The summed E-state index contributed by atoms with van der Waals surface area (Å²) >= 11 is 5.74. The first kappa shape index (κ1) is 32.8. The first-order valence-corrected chi connectivity index (χ1v) is 21.2. The summed E-state index contributed by atoms with van der Waals surface area (Å²) < 4.78 is 0. The van der Waals surface area contributed by atoms with E-state index in [0.717, 1.165) is 22.5 Å². The Labute approximate surface area is 330 Å². The van der Waals surface area contributed by atoms with E-state index in [-0.39, 0.29) is 16.2 Å². The van der Waals surface area contributed by atoms with Gasteiger partial charge in [0, 0.05) is 67.9 Å². The first-order chi connectivity index (χ1) is 26.0. The summed E-state index contributed by atoms with van der Waals surface area (Å²) in [6, 6.07) is 41.1. The number of fused-ring (bicyclic) bond motifs is 12. The molecule has 3 heterocycles. The summed E-state index contributed by atoms with van der Waals surface area (Å²) in [5, 5.41) is 0. The molecule has 4 aliphatic rings. The van der Waals surface area contributed by atoms with Crippen molar-refractivity contribution in [1.82, 2.24) is 9.97 Å². The van der Waals surface area contributed by atoms with Crippen LogP contribution >= 0.6 is 35.3 Å². The lowest BCUT2D eigenvalue weighted by atomic mass is 9.75. The molecule has 0 bridgehead atoms. The SMILES string of the molecule is CC1(C)c2ccccc2Sc2c1ccc1c2-c2ccc(-c3cncc(-c4ccc5c(c4)C(C)(C)c4ccc6c(c4-5)Sc4ccccc4S6)n3)cc2C1(C)C. The fourth-order valence-electron chi connectivity index (χ4n) is 9.49. The first-order valence-electron chi connectivity index (χ1n) is 18.7. The number of rotatable bonds is 2. The fraction of sp³-hybridized carbons (Fsp3) is 0.184. The van der Waals surface area contributed by atoms with E-state index in [0.29, 0.717) is 0 Å². The van der Waals surface area contributed by atoms with Crippen molar-refractivity contribution in [2.75, 3.05) is 0 Å². The zero-order valence-corrected chi connectivity index (χ0v) is 33.6. The lowest BCUT2D eigenvalue weighted by Gasteiger charge is -2.36. The second-order valence-electron chi connectivity index (χ2n) is 16.6. The van der Waals surface area contributed by atoms with Crippen molar-refractivity contribution in [3.05, 3.63) is 155 Å². The number of aromatic nitrogens is 2. The molecule has 0 unspecified atom stereocenters. The van der Waals surface area contributed by atoms with Crippen LogP contribution in [-0.4, -0.2) is 9.97 Å². The maximum Gasteiger partial charge on any atom is 0.0892 e. The Kier molecular flexibility index (Phi) is 6.85. The van der Waals surface area contributed by atoms with E-state index >= 15 is 0 Å². The van der Waals surface area contributed by atoms with Crippen molar-refractivity contribution in [3.8, 4) is 44.8 Å². The normalized spacial score (nSPS) is 16.9. The van der Waals surface area contributed by atoms with Gasteiger partial charge in [0.2, 0.25) is 0 Å². The van der Waals surface area contributed by atoms with Crippen molar-refractivity contribution < 1.29 is 0 Å². The number of hydrogen-bond acceptors (Lipinski definition) is 5. The lowest BCUT2D eigenvalue weighted by molar-refractivity contribution is 0.604. The van der Waals surface area contributed by atoms with Crippen LogP contribution in [0.3, 0.4) is 0 Å². The van der Waals surface area contributed by atoms with Crippen LogP contribution in [0.1, 0.15) is 74.9 Å². The molecule has 262 valence electrons. The highest BCUT2D eigenvalue weighted by molar-refractivity contribution is 8.05. The summed E-state index contributed by atoms with van der Waals surface area (Å²) in [7, 11) is 0. The van der Waals surface area contributed by atoms with Crippen molar-refractivity contribution in [2.45, 2.75) is 87.2 Å². The Hall–Kier alpha value is -4.55. The molecule has 11 rings (SSSR count). The van der Waals surface area contributed by atoms with Crippen LogP contribution in [0.5, 0.6) is 0 Å². The third kappa shape index (κ3) is 4.46. The van der Waals surface area contributed by atoms with Crippen molar-refractivity contribution in [1.29, 1.82) is 0 Å². The molecule has 0 saturated carbocycles. The van der Waals surface area contributed by atoms with Crippen LogP contribution < -0.4 is 0 Å².